The number of hydrogen-bond acceptors (Lipinski definition) is 5. The van der Waals surface area contributed by atoms with Crippen molar-refractivity contribution < 1.29 is 22.7 Å². The third kappa shape index (κ3) is 3.75. The minimum Gasteiger partial charge on any atom is -0.465 e. The highest BCUT2D eigenvalue weighted by molar-refractivity contribution is 7.92. The molecule has 0 fully saturated rings. The Morgan fingerprint density at radius 2 is 1.74 bits per heavy atom. The predicted octanol–water partition coefficient (Wildman–Crippen LogP) is 2.48. The molecule has 0 heterocycles. The first-order valence-electron chi connectivity index (χ1n) is 6.66. The van der Waals surface area contributed by atoms with E-state index in [2.05, 4.69) is 9.46 Å². The second kappa shape index (κ2) is 6.62. The summed E-state index contributed by atoms with van der Waals surface area (Å²) >= 11 is 0. The monoisotopic (exact) mass is 333 g/mol. The van der Waals surface area contributed by atoms with Crippen LogP contribution in [0.2, 0.25) is 0 Å². The van der Waals surface area contributed by atoms with Crippen LogP contribution in [-0.4, -0.2) is 27.3 Å². The van der Waals surface area contributed by atoms with E-state index in [1.54, 1.807) is 12.1 Å². The summed E-state index contributed by atoms with van der Waals surface area (Å²) in [6.07, 6.45) is 0. The van der Waals surface area contributed by atoms with Crippen LogP contribution in [0.5, 0.6) is 0 Å². The van der Waals surface area contributed by atoms with Crippen LogP contribution in [0.25, 0.3) is 0 Å². The van der Waals surface area contributed by atoms with E-state index >= 15 is 0 Å². The van der Waals surface area contributed by atoms with E-state index < -0.39 is 16.0 Å². The zero-order valence-corrected chi connectivity index (χ0v) is 13.4. The van der Waals surface area contributed by atoms with E-state index in [1.807, 2.05) is 0 Å². The van der Waals surface area contributed by atoms with Gasteiger partial charge in [-0.3, -0.25) is 9.52 Å². The van der Waals surface area contributed by atoms with Crippen molar-refractivity contribution in [2.75, 3.05) is 11.8 Å². The van der Waals surface area contributed by atoms with Crippen LogP contribution in [0.3, 0.4) is 0 Å². The van der Waals surface area contributed by atoms with Gasteiger partial charge in [0.1, 0.15) is 0 Å². The number of ether oxygens (including phenoxy) is 1. The molecule has 0 aliphatic rings. The first-order valence-corrected chi connectivity index (χ1v) is 8.14. The fourth-order valence-corrected chi connectivity index (χ4v) is 3.07. The van der Waals surface area contributed by atoms with E-state index in [0.717, 1.165) is 0 Å². The number of rotatable bonds is 5. The van der Waals surface area contributed by atoms with E-state index in [9.17, 15) is 18.0 Å². The lowest BCUT2D eigenvalue weighted by molar-refractivity contribution is 0.0602. The number of esters is 1. The highest BCUT2D eigenvalue weighted by Gasteiger charge is 2.19. The van der Waals surface area contributed by atoms with Gasteiger partial charge in [-0.05, 0) is 31.2 Å². The third-order valence-electron chi connectivity index (χ3n) is 3.13. The molecule has 120 valence electrons. The molecule has 1 N–H and O–H groups in total. The normalized spacial score (nSPS) is 10.9. The molecule has 2 aromatic rings. The number of sulfonamides is 1. The van der Waals surface area contributed by atoms with Crippen LogP contribution >= 0.6 is 0 Å². The SMILES string of the molecule is COC(=O)c1ccccc1NS(=O)(=O)c1cccc(C(C)=O)c1. The van der Waals surface area contributed by atoms with Crippen molar-refractivity contribution >= 4 is 27.5 Å². The van der Waals surface area contributed by atoms with Crippen LogP contribution in [0.1, 0.15) is 27.6 Å². The molecule has 7 heteroatoms. The summed E-state index contributed by atoms with van der Waals surface area (Å²) in [6, 6.07) is 11.8. The Kier molecular flexibility index (Phi) is 4.80. The Balaban J connectivity index is 2.42. The lowest BCUT2D eigenvalue weighted by atomic mass is 10.2. The van der Waals surface area contributed by atoms with Gasteiger partial charge < -0.3 is 4.74 Å². The Morgan fingerprint density at radius 1 is 1.04 bits per heavy atom. The molecule has 0 spiro atoms. The molecule has 6 nitrogen and oxygen atoms in total. The largest absolute Gasteiger partial charge is 0.465 e. The second-order valence-electron chi connectivity index (χ2n) is 4.73. The molecule has 0 bridgehead atoms. The Labute approximate surface area is 134 Å². The summed E-state index contributed by atoms with van der Waals surface area (Å²) in [5, 5.41) is 0. The number of ketones is 1. The summed E-state index contributed by atoms with van der Waals surface area (Å²) in [5.74, 6) is -0.891. The van der Waals surface area contributed by atoms with Crippen molar-refractivity contribution in [1.82, 2.24) is 0 Å². The molecule has 2 aromatic carbocycles. The summed E-state index contributed by atoms with van der Waals surface area (Å²) in [7, 11) is -2.73. The number of hydrogen-bond donors (Lipinski definition) is 1. The lowest BCUT2D eigenvalue weighted by Gasteiger charge is -2.11. The van der Waals surface area contributed by atoms with E-state index in [4.69, 9.17) is 0 Å². The molecule has 23 heavy (non-hydrogen) atoms. The molecule has 0 radical (unpaired) electrons. The fourth-order valence-electron chi connectivity index (χ4n) is 1.95. The highest BCUT2D eigenvalue weighted by atomic mass is 32.2. The molecule has 0 aliphatic carbocycles. The molecular formula is C16H15NO5S. The van der Waals surface area contributed by atoms with Gasteiger partial charge in [0.15, 0.2) is 5.78 Å². The lowest BCUT2D eigenvalue weighted by Crippen LogP contribution is -2.16. The van der Waals surface area contributed by atoms with Gasteiger partial charge in [-0.1, -0.05) is 24.3 Å². The van der Waals surface area contributed by atoms with Gasteiger partial charge in [0.25, 0.3) is 10.0 Å². The van der Waals surface area contributed by atoms with Crippen molar-refractivity contribution in [2.45, 2.75) is 11.8 Å². The van der Waals surface area contributed by atoms with Crippen molar-refractivity contribution in [2.24, 2.45) is 0 Å². The number of nitrogens with one attached hydrogen (secondary N) is 1. The summed E-state index contributed by atoms with van der Waals surface area (Å²) in [5.41, 5.74) is 0.489. The Bertz CT molecular complexity index is 858. The number of para-hydroxylation sites is 1. The maximum atomic E-state index is 12.5. The fraction of sp³-hybridized carbons (Fsp3) is 0.125. The smallest absolute Gasteiger partial charge is 0.339 e. The van der Waals surface area contributed by atoms with Gasteiger partial charge in [0.2, 0.25) is 0 Å². The number of Topliss-reactive ketones (excluding diaryl/α,β-unsaturated/α-hetero) is 1. The zero-order chi connectivity index (χ0) is 17.0. The van der Waals surface area contributed by atoms with Crippen LogP contribution in [-0.2, 0) is 14.8 Å². The summed E-state index contributed by atoms with van der Waals surface area (Å²) < 4.78 is 31.9. The van der Waals surface area contributed by atoms with Gasteiger partial charge in [0, 0.05) is 5.56 Å². The second-order valence-corrected chi connectivity index (χ2v) is 6.41. The van der Waals surface area contributed by atoms with E-state index in [1.165, 1.54) is 50.4 Å². The maximum absolute atomic E-state index is 12.5. The topological polar surface area (TPSA) is 89.5 Å². The number of carbonyl (C=O) groups excluding carboxylic acids is 2. The average molecular weight is 333 g/mol. The summed E-state index contributed by atoms with van der Waals surface area (Å²) in [6.45, 7) is 1.35. The first kappa shape index (κ1) is 16.7. The Morgan fingerprint density at radius 3 is 2.39 bits per heavy atom. The standard InChI is InChI=1S/C16H15NO5S/c1-11(18)12-6-5-7-13(10-12)23(20,21)17-15-9-4-3-8-14(15)16(19)22-2/h3-10,17H,1-2H3. The van der Waals surface area contributed by atoms with Crippen molar-refractivity contribution in [3.05, 3.63) is 59.7 Å². The molecule has 0 atom stereocenters. The van der Waals surface area contributed by atoms with E-state index in [-0.39, 0.29) is 27.5 Å². The number of anilines is 1. The zero-order valence-electron chi connectivity index (χ0n) is 12.6. The molecule has 0 aliphatic heterocycles. The number of methoxy groups -OCH3 is 1. The van der Waals surface area contributed by atoms with Gasteiger partial charge in [-0.2, -0.15) is 0 Å². The number of benzene rings is 2. The highest BCUT2D eigenvalue weighted by Crippen LogP contribution is 2.21. The minimum atomic E-state index is -3.94. The van der Waals surface area contributed by atoms with Gasteiger partial charge in [0.05, 0.1) is 23.3 Å². The Hall–Kier alpha value is -2.67. The van der Waals surface area contributed by atoms with Crippen molar-refractivity contribution in [1.29, 1.82) is 0 Å². The van der Waals surface area contributed by atoms with Crippen LogP contribution in [0, 0.1) is 0 Å². The maximum Gasteiger partial charge on any atom is 0.339 e. The molecule has 2 rings (SSSR count). The first-order chi connectivity index (χ1) is 10.8. The average Bonchev–Trinajstić information content (AvgIpc) is 2.54. The third-order valence-corrected chi connectivity index (χ3v) is 4.49. The molecule has 0 amide bonds. The van der Waals surface area contributed by atoms with Crippen LogP contribution < -0.4 is 4.72 Å². The van der Waals surface area contributed by atoms with Crippen molar-refractivity contribution in [3.8, 4) is 0 Å². The van der Waals surface area contributed by atoms with Gasteiger partial charge in [-0.15, -0.1) is 0 Å². The molecule has 0 saturated carbocycles. The molecule has 0 unspecified atom stereocenters. The van der Waals surface area contributed by atoms with E-state index in [0.29, 0.717) is 0 Å². The van der Waals surface area contributed by atoms with Crippen molar-refractivity contribution in [3.63, 3.8) is 0 Å². The van der Waals surface area contributed by atoms with Gasteiger partial charge in [-0.25, -0.2) is 13.2 Å². The number of carbonyl (C=O) groups is 2. The van der Waals surface area contributed by atoms with Gasteiger partial charge >= 0.3 is 5.97 Å². The minimum absolute atomic E-state index is 0.0649. The quantitative estimate of drug-likeness (QED) is 0.670. The molecule has 0 aromatic heterocycles. The van der Waals surface area contributed by atoms with Crippen LogP contribution in [0.15, 0.2) is 53.4 Å². The summed E-state index contributed by atoms with van der Waals surface area (Å²) in [4.78, 5) is 23.0. The predicted molar refractivity (Wildman–Crippen MR) is 85.0 cm³/mol. The van der Waals surface area contributed by atoms with Crippen LogP contribution in [0.4, 0.5) is 5.69 Å². The molecular weight excluding hydrogens is 318 g/mol. The molecule has 0 saturated heterocycles.